The maximum atomic E-state index is 12.3. The summed E-state index contributed by atoms with van der Waals surface area (Å²) in [6.07, 6.45) is 8.64. The maximum Gasteiger partial charge on any atom is 0.227 e. The van der Waals surface area contributed by atoms with Crippen LogP contribution in [-0.2, 0) is 4.79 Å². The Kier molecular flexibility index (Phi) is 4.43. The molecule has 1 atom stereocenters. The number of hydrogen-bond donors (Lipinski definition) is 2. The molecule has 2 fully saturated rings. The lowest BCUT2D eigenvalue weighted by Gasteiger charge is -2.28. The van der Waals surface area contributed by atoms with Gasteiger partial charge in [-0.1, -0.05) is 26.2 Å². The molecule has 98 valence electrons. The highest BCUT2D eigenvalue weighted by atomic mass is 16.2. The molecule has 1 aliphatic carbocycles. The van der Waals surface area contributed by atoms with Crippen molar-refractivity contribution in [3.63, 3.8) is 0 Å². The van der Waals surface area contributed by atoms with Crippen LogP contribution in [0.4, 0.5) is 0 Å². The SMILES string of the molecule is CCC1(C(=O)NCC2CCCCC2)CCNC1. The van der Waals surface area contributed by atoms with E-state index in [2.05, 4.69) is 17.6 Å². The van der Waals surface area contributed by atoms with Crippen LogP contribution < -0.4 is 10.6 Å². The number of nitrogens with one attached hydrogen (secondary N) is 2. The van der Waals surface area contributed by atoms with Gasteiger partial charge in [-0.3, -0.25) is 4.79 Å². The van der Waals surface area contributed by atoms with Crippen molar-refractivity contribution in [2.75, 3.05) is 19.6 Å². The van der Waals surface area contributed by atoms with Crippen LogP contribution >= 0.6 is 0 Å². The Morgan fingerprint density at radius 1 is 1.35 bits per heavy atom. The van der Waals surface area contributed by atoms with Crippen molar-refractivity contribution in [2.45, 2.75) is 51.9 Å². The molecule has 0 aromatic carbocycles. The summed E-state index contributed by atoms with van der Waals surface area (Å²) in [7, 11) is 0. The summed E-state index contributed by atoms with van der Waals surface area (Å²) in [5, 5.41) is 6.53. The fourth-order valence-electron chi connectivity index (χ4n) is 3.22. The number of carbonyl (C=O) groups is 1. The minimum Gasteiger partial charge on any atom is -0.355 e. The maximum absolute atomic E-state index is 12.3. The zero-order valence-corrected chi connectivity index (χ0v) is 11.1. The average Bonchev–Trinajstić information content (AvgIpc) is 2.87. The zero-order valence-electron chi connectivity index (χ0n) is 11.1. The number of amides is 1. The van der Waals surface area contributed by atoms with Gasteiger partial charge in [-0.05, 0) is 38.1 Å². The first-order valence-electron chi connectivity index (χ1n) is 7.26. The predicted molar refractivity (Wildman–Crippen MR) is 69.8 cm³/mol. The molecule has 2 N–H and O–H groups in total. The lowest BCUT2D eigenvalue weighted by molar-refractivity contribution is -0.130. The normalized spacial score (nSPS) is 30.4. The standard InChI is InChI=1S/C14H26N2O/c1-2-14(8-9-15-11-14)13(17)16-10-12-6-4-3-5-7-12/h12,15H,2-11H2,1H3,(H,16,17). The minimum absolute atomic E-state index is 0.116. The fraction of sp³-hybridized carbons (Fsp3) is 0.929. The van der Waals surface area contributed by atoms with E-state index in [1.54, 1.807) is 0 Å². The summed E-state index contributed by atoms with van der Waals surface area (Å²) in [5.41, 5.74) is -0.116. The number of rotatable bonds is 4. The summed E-state index contributed by atoms with van der Waals surface area (Å²) >= 11 is 0. The zero-order chi connectivity index (χ0) is 12.1. The van der Waals surface area contributed by atoms with E-state index in [4.69, 9.17) is 0 Å². The van der Waals surface area contributed by atoms with E-state index in [1.807, 2.05) is 0 Å². The lowest BCUT2D eigenvalue weighted by atomic mass is 9.82. The molecule has 0 aromatic heterocycles. The Labute approximate surface area is 105 Å². The van der Waals surface area contributed by atoms with Crippen LogP contribution in [0.2, 0.25) is 0 Å². The van der Waals surface area contributed by atoms with Gasteiger partial charge in [0.15, 0.2) is 0 Å². The Morgan fingerprint density at radius 3 is 2.71 bits per heavy atom. The van der Waals surface area contributed by atoms with Gasteiger partial charge in [-0.15, -0.1) is 0 Å². The van der Waals surface area contributed by atoms with E-state index in [-0.39, 0.29) is 11.3 Å². The molecule has 1 saturated carbocycles. The van der Waals surface area contributed by atoms with Gasteiger partial charge in [0.25, 0.3) is 0 Å². The van der Waals surface area contributed by atoms with Crippen molar-refractivity contribution in [3.8, 4) is 0 Å². The van der Waals surface area contributed by atoms with Crippen LogP contribution in [0.3, 0.4) is 0 Å². The fourth-order valence-corrected chi connectivity index (χ4v) is 3.22. The Morgan fingerprint density at radius 2 is 2.12 bits per heavy atom. The molecule has 3 heteroatoms. The van der Waals surface area contributed by atoms with Crippen LogP contribution in [0.5, 0.6) is 0 Å². The number of hydrogen-bond acceptors (Lipinski definition) is 2. The Balaban J connectivity index is 1.79. The van der Waals surface area contributed by atoms with Crippen LogP contribution in [0, 0.1) is 11.3 Å². The third-order valence-electron chi connectivity index (χ3n) is 4.68. The summed E-state index contributed by atoms with van der Waals surface area (Å²) in [4.78, 5) is 12.3. The average molecular weight is 238 g/mol. The molecular weight excluding hydrogens is 212 g/mol. The van der Waals surface area contributed by atoms with Crippen molar-refractivity contribution < 1.29 is 4.79 Å². The van der Waals surface area contributed by atoms with Gasteiger partial charge < -0.3 is 10.6 Å². The molecule has 3 nitrogen and oxygen atoms in total. The van der Waals surface area contributed by atoms with Crippen molar-refractivity contribution in [1.82, 2.24) is 10.6 Å². The van der Waals surface area contributed by atoms with E-state index < -0.39 is 0 Å². The van der Waals surface area contributed by atoms with E-state index >= 15 is 0 Å². The Bertz CT molecular complexity index is 253. The first-order valence-corrected chi connectivity index (χ1v) is 7.26. The molecule has 17 heavy (non-hydrogen) atoms. The van der Waals surface area contributed by atoms with Gasteiger partial charge in [0.1, 0.15) is 0 Å². The third-order valence-corrected chi connectivity index (χ3v) is 4.68. The molecule has 0 radical (unpaired) electrons. The molecule has 2 aliphatic rings. The summed E-state index contributed by atoms with van der Waals surface area (Å²) in [5.74, 6) is 1.02. The predicted octanol–water partition coefficient (Wildman–Crippen LogP) is 2.07. The summed E-state index contributed by atoms with van der Waals surface area (Å²) in [6, 6.07) is 0. The van der Waals surface area contributed by atoms with Crippen molar-refractivity contribution in [3.05, 3.63) is 0 Å². The highest BCUT2D eigenvalue weighted by molar-refractivity contribution is 5.83. The van der Waals surface area contributed by atoms with Crippen LogP contribution in [0.25, 0.3) is 0 Å². The lowest BCUT2D eigenvalue weighted by Crippen LogP contribution is -2.44. The van der Waals surface area contributed by atoms with Gasteiger partial charge in [-0.2, -0.15) is 0 Å². The largest absolute Gasteiger partial charge is 0.355 e. The minimum atomic E-state index is -0.116. The second kappa shape index (κ2) is 5.85. The second-order valence-electron chi connectivity index (χ2n) is 5.77. The molecule has 0 spiro atoms. The molecular formula is C14H26N2O. The molecule has 1 heterocycles. The summed E-state index contributed by atoms with van der Waals surface area (Å²) in [6.45, 7) is 4.89. The van der Waals surface area contributed by atoms with Gasteiger partial charge in [0, 0.05) is 13.1 Å². The Hall–Kier alpha value is -0.570. The monoisotopic (exact) mass is 238 g/mol. The van der Waals surface area contributed by atoms with E-state index in [0.29, 0.717) is 0 Å². The van der Waals surface area contributed by atoms with Crippen LogP contribution in [-0.4, -0.2) is 25.5 Å². The van der Waals surface area contributed by atoms with Crippen molar-refractivity contribution in [1.29, 1.82) is 0 Å². The summed E-state index contributed by atoms with van der Waals surface area (Å²) < 4.78 is 0. The van der Waals surface area contributed by atoms with E-state index in [9.17, 15) is 4.79 Å². The molecule has 1 saturated heterocycles. The highest BCUT2D eigenvalue weighted by Crippen LogP contribution is 2.30. The highest BCUT2D eigenvalue weighted by Gasteiger charge is 2.39. The molecule has 0 bridgehead atoms. The van der Waals surface area contributed by atoms with Gasteiger partial charge >= 0.3 is 0 Å². The topological polar surface area (TPSA) is 41.1 Å². The molecule has 1 aliphatic heterocycles. The third kappa shape index (κ3) is 3.01. The second-order valence-corrected chi connectivity index (χ2v) is 5.77. The van der Waals surface area contributed by atoms with Crippen LogP contribution in [0.15, 0.2) is 0 Å². The molecule has 1 amide bonds. The first-order chi connectivity index (χ1) is 8.27. The molecule has 2 rings (SSSR count). The molecule has 0 aromatic rings. The first kappa shape index (κ1) is 12.9. The van der Waals surface area contributed by atoms with E-state index in [0.717, 1.165) is 38.4 Å². The van der Waals surface area contributed by atoms with Gasteiger partial charge in [-0.25, -0.2) is 0 Å². The van der Waals surface area contributed by atoms with Crippen LogP contribution in [0.1, 0.15) is 51.9 Å². The number of carbonyl (C=O) groups excluding carboxylic acids is 1. The quantitative estimate of drug-likeness (QED) is 0.787. The van der Waals surface area contributed by atoms with E-state index in [1.165, 1.54) is 32.1 Å². The van der Waals surface area contributed by atoms with Gasteiger partial charge in [0.2, 0.25) is 5.91 Å². The van der Waals surface area contributed by atoms with Crippen molar-refractivity contribution in [2.24, 2.45) is 11.3 Å². The molecule has 1 unspecified atom stereocenters. The smallest absolute Gasteiger partial charge is 0.227 e. The van der Waals surface area contributed by atoms with Gasteiger partial charge in [0.05, 0.1) is 5.41 Å². The van der Waals surface area contributed by atoms with Crippen molar-refractivity contribution >= 4 is 5.91 Å².